The van der Waals surface area contributed by atoms with Crippen LogP contribution in [0.25, 0.3) is 11.0 Å². The van der Waals surface area contributed by atoms with Gasteiger partial charge in [-0.2, -0.15) is 0 Å². The molecule has 2 aromatic carbocycles. The molecule has 4 aromatic rings. The number of pyridine rings is 2. The molecule has 192 valence electrons. The van der Waals surface area contributed by atoms with Gasteiger partial charge in [-0.15, -0.1) is 0 Å². The van der Waals surface area contributed by atoms with Crippen molar-refractivity contribution in [2.75, 3.05) is 32.7 Å². The van der Waals surface area contributed by atoms with Crippen molar-refractivity contribution in [3.05, 3.63) is 93.5 Å². The van der Waals surface area contributed by atoms with Crippen LogP contribution in [0.2, 0.25) is 0 Å². The lowest BCUT2D eigenvalue weighted by molar-refractivity contribution is 0.0694. The van der Waals surface area contributed by atoms with E-state index in [1.165, 1.54) is 29.9 Å². The van der Waals surface area contributed by atoms with Gasteiger partial charge in [0.1, 0.15) is 22.7 Å². The number of aromatic carboxylic acids is 1. The Labute approximate surface area is 211 Å². The van der Waals surface area contributed by atoms with Crippen LogP contribution in [0.3, 0.4) is 0 Å². The highest BCUT2D eigenvalue weighted by atomic mass is 19.1. The Hall–Kier alpha value is -4.44. The standard InChI is InChI=1S/C27H26FN3O6/c1-30(15-22(32)16-7-5-4-6-8-16)26-21(28)12-19-24(33)20(27(34)35)14-31(25(19)29-26)13-17-9-10-18(36-2)11-23(17)37-3/h4-12,14,22,32H,13,15H2,1-3H3,(H,34,35). The number of aliphatic hydroxyl groups is 1. The predicted octanol–water partition coefficient (Wildman–Crippen LogP) is 3.47. The summed E-state index contributed by atoms with van der Waals surface area (Å²) in [5.41, 5.74) is 0.0488. The van der Waals surface area contributed by atoms with Crippen molar-refractivity contribution in [1.29, 1.82) is 0 Å². The minimum absolute atomic E-state index is 0.0309. The van der Waals surface area contributed by atoms with Crippen LogP contribution in [0.1, 0.15) is 27.6 Å². The van der Waals surface area contributed by atoms with Gasteiger partial charge in [-0.1, -0.05) is 30.3 Å². The number of aromatic nitrogens is 2. The monoisotopic (exact) mass is 507 g/mol. The van der Waals surface area contributed by atoms with Crippen LogP contribution in [0.5, 0.6) is 11.5 Å². The Kier molecular flexibility index (Phi) is 7.40. The Morgan fingerprint density at radius 2 is 1.86 bits per heavy atom. The van der Waals surface area contributed by atoms with E-state index in [1.807, 2.05) is 6.07 Å². The van der Waals surface area contributed by atoms with Crippen LogP contribution in [0.4, 0.5) is 10.2 Å². The molecule has 37 heavy (non-hydrogen) atoms. The largest absolute Gasteiger partial charge is 0.497 e. The number of hydrogen-bond acceptors (Lipinski definition) is 7. The second-order valence-electron chi connectivity index (χ2n) is 8.45. The van der Waals surface area contributed by atoms with Gasteiger partial charge in [0.25, 0.3) is 0 Å². The number of rotatable bonds is 9. The Bertz CT molecular complexity index is 1510. The molecule has 2 aromatic heterocycles. The topological polar surface area (TPSA) is 114 Å². The maximum absolute atomic E-state index is 15.2. The van der Waals surface area contributed by atoms with Crippen LogP contribution in [-0.2, 0) is 6.54 Å². The highest BCUT2D eigenvalue weighted by Crippen LogP contribution is 2.28. The Morgan fingerprint density at radius 1 is 1.14 bits per heavy atom. The summed E-state index contributed by atoms with van der Waals surface area (Å²) in [5.74, 6) is -1.30. The van der Waals surface area contributed by atoms with Gasteiger partial charge in [-0.05, 0) is 23.8 Å². The minimum Gasteiger partial charge on any atom is -0.497 e. The highest BCUT2D eigenvalue weighted by Gasteiger charge is 2.22. The number of nitrogens with zero attached hydrogens (tertiary/aromatic N) is 3. The fourth-order valence-corrected chi connectivity index (χ4v) is 4.11. The molecule has 0 saturated heterocycles. The number of aliphatic hydroxyl groups excluding tert-OH is 1. The predicted molar refractivity (Wildman–Crippen MR) is 136 cm³/mol. The van der Waals surface area contributed by atoms with Crippen molar-refractivity contribution >= 4 is 22.8 Å². The lowest BCUT2D eigenvalue weighted by Crippen LogP contribution is -2.27. The van der Waals surface area contributed by atoms with Gasteiger partial charge >= 0.3 is 5.97 Å². The first-order chi connectivity index (χ1) is 17.7. The first kappa shape index (κ1) is 25.6. The molecule has 2 heterocycles. The molecule has 1 atom stereocenters. The van der Waals surface area contributed by atoms with Crippen LogP contribution < -0.4 is 19.8 Å². The number of carboxylic acids is 1. The molecule has 0 fully saturated rings. The van der Waals surface area contributed by atoms with Gasteiger partial charge in [0, 0.05) is 31.4 Å². The van der Waals surface area contributed by atoms with Gasteiger partial charge in [0.15, 0.2) is 11.6 Å². The smallest absolute Gasteiger partial charge is 0.341 e. The van der Waals surface area contributed by atoms with E-state index in [4.69, 9.17) is 9.47 Å². The average molecular weight is 508 g/mol. The van der Waals surface area contributed by atoms with E-state index >= 15 is 4.39 Å². The van der Waals surface area contributed by atoms with Crippen LogP contribution >= 0.6 is 0 Å². The normalized spacial score (nSPS) is 11.8. The van der Waals surface area contributed by atoms with E-state index in [0.29, 0.717) is 22.6 Å². The molecule has 0 bridgehead atoms. The third-order valence-corrected chi connectivity index (χ3v) is 6.04. The molecule has 9 nitrogen and oxygen atoms in total. The number of anilines is 1. The van der Waals surface area contributed by atoms with Crippen molar-refractivity contribution in [2.24, 2.45) is 0 Å². The third kappa shape index (κ3) is 5.24. The molecular formula is C27H26FN3O6. The van der Waals surface area contributed by atoms with Gasteiger partial charge in [0.2, 0.25) is 5.43 Å². The number of fused-ring (bicyclic) bond motifs is 1. The van der Waals surface area contributed by atoms with Gasteiger partial charge in [0.05, 0.1) is 32.3 Å². The summed E-state index contributed by atoms with van der Waals surface area (Å²) in [6, 6.07) is 15.1. The lowest BCUT2D eigenvalue weighted by atomic mass is 10.1. The summed E-state index contributed by atoms with van der Waals surface area (Å²) in [7, 11) is 4.58. The molecule has 4 rings (SSSR count). The lowest BCUT2D eigenvalue weighted by Gasteiger charge is -2.23. The third-order valence-electron chi connectivity index (χ3n) is 6.04. The number of likely N-dealkylation sites (N-methyl/N-ethyl adjacent to an activating group) is 1. The highest BCUT2D eigenvalue weighted by molar-refractivity contribution is 5.92. The fourth-order valence-electron chi connectivity index (χ4n) is 4.11. The summed E-state index contributed by atoms with van der Waals surface area (Å²) in [6.07, 6.45) is 0.271. The van der Waals surface area contributed by atoms with Crippen molar-refractivity contribution in [2.45, 2.75) is 12.6 Å². The number of hydrogen-bond donors (Lipinski definition) is 2. The molecule has 1 unspecified atom stereocenters. The second-order valence-corrected chi connectivity index (χ2v) is 8.45. The van der Waals surface area contributed by atoms with Crippen molar-refractivity contribution < 1.29 is 28.9 Å². The van der Waals surface area contributed by atoms with Crippen LogP contribution in [0, 0.1) is 5.82 Å². The molecule has 0 amide bonds. The maximum atomic E-state index is 15.2. The fraction of sp³-hybridized carbons (Fsp3) is 0.222. The summed E-state index contributed by atoms with van der Waals surface area (Å²) in [5, 5.41) is 20.0. The number of benzene rings is 2. The summed E-state index contributed by atoms with van der Waals surface area (Å²) in [6.45, 7) is 0.113. The zero-order valence-electron chi connectivity index (χ0n) is 20.5. The molecule has 0 radical (unpaired) electrons. The summed E-state index contributed by atoms with van der Waals surface area (Å²) in [4.78, 5) is 30.5. The Morgan fingerprint density at radius 3 is 2.51 bits per heavy atom. The molecule has 0 spiro atoms. The zero-order chi connectivity index (χ0) is 26.7. The zero-order valence-corrected chi connectivity index (χ0v) is 20.5. The van der Waals surface area contributed by atoms with Crippen molar-refractivity contribution in [3.8, 4) is 11.5 Å². The molecule has 0 aliphatic carbocycles. The van der Waals surface area contributed by atoms with Gasteiger partial charge < -0.3 is 29.2 Å². The summed E-state index contributed by atoms with van der Waals surface area (Å²) < 4.78 is 27.3. The van der Waals surface area contributed by atoms with Gasteiger partial charge in [-0.3, -0.25) is 4.79 Å². The molecular weight excluding hydrogens is 481 g/mol. The number of ether oxygens (including phenoxy) is 2. The van der Waals surface area contributed by atoms with Crippen LogP contribution in [-0.4, -0.2) is 53.5 Å². The van der Waals surface area contributed by atoms with Crippen LogP contribution in [0.15, 0.2) is 65.6 Å². The number of halogens is 1. The first-order valence-corrected chi connectivity index (χ1v) is 11.4. The Balaban J connectivity index is 1.82. The number of methoxy groups -OCH3 is 2. The van der Waals surface area contributed by atoms with E-state index in [9.17, 15) is 19.8 Å². The first-order valence-electron chi connectivity index (χ1n) is 11.4. The minimum atomic E-state index is -1.44. The molecule has 10 heteroatoms. The molecule has 0 saturated carbocycles. The SMILES string of the molecule is COc1ccc(Cn2cc(C(=O)O)c(=O)c3cc(F)c(N(C)CC(O)c4ccccc4)nc32)c(OC)c1. The molecule has 0 aliphatic rings. The quantitative estimate of drug-likeness (QED) is 0.354. The van der Waals surface area contributed by atoms with E-state index < -0.39 is 28.9 Å². The van der Waals surface area contributed by atoms with E-state index in [0.717, 1.165) is 6.07 Å². The van der Waals surface area contributed by atoms with E-state index in [2.05, 4.69) is 4.98 Å². The molecule has 0 aliphatic heterocycles. The average Bonchev–Trinajstić information content (AvgIpc) is 2.90. The maximum Gasteiger partial charge on any atom is 0.341 e. The van der Waals surface area contributed by atoms with Crippen molar-refractivity contribution in [3.63, 3.8) is 0 Å². The summed E-state index contributed by atoms with van der Waals surface area (Å²) >= 11 is 0. The number of carboxylic acid groups (broad SMARTS) is 1. The number of carbonyl (C=O) groups is 1. The second kappa shape index (κ2) is 10.7. The van der Waals surface area contributed by atoms with E-state index in [-0.39, 0.29) is 29.9 Å². The molecule has 2 N–H and O–H groups in total. The van der Waals surface area contributed by atoms with Gasteiger partial charge in [-0.25, -0.2) is 14.2 Å². The van der Waals surface area contributed by atoms with Crippen molar-refractivity contribution in [1.82, 2.24) is 9.55 Å². The van der Waals surface area contributed by atoms with E-state index in [1.54, 1.807) is 49.5 Å².